The Hall–Kier alpha value is -1.92. The molecular formula is C31H47NO5. The highest BCUT2D eigenvalue weighted by Crippen LogP contribution is 2.63. The monoisotopic (exact) mass is 513 g/mol. The third-order valence-electron chi connectivity index (χ3n) is 9.76. The van der Waals surface area contributed by atoms with Crippen LogP contribution in [0, 0.1) is 28.6 Å². The van der Waals surface area contributed by atoms with Gasteiger partial charge in [-0.15, -0.1) is 0 Å². The molecule has 4 fully saturated rings. The average Bonchev–Trinajstić information content (AvgIpc) is 3.46. The van der Waals surface area contributed by atoms with Gasteiger partial charge >= 0.3 is 5.97 Å². The highest BCUT2D eigenvalue weighted by atomic mass is 16.7. The minimum atomic E-state index is -0.455. The topological polar surface area (TPSA) is 66.9 Å². The number of allylic oxidation sites excluding steroid dienone is 1. The highest BCUT2D eigenvalue weighted by molar-refractivity contribution is 5.87. The van der Waals surface area contributed by atoms with Crippen LogP contribution in [0.1, 0.15) is 96.0 Å². The number of aromatic nitrogens is 1. The normalized spacial score (nSPS) is 35.5. The van der Waals surface area contributed by atoms with E-state index >= 15 is 0 Å². The van der Waals surface area contributed by atoms with Crippen molar-refractivity contribution in [3.63, 3.8) is 0 Å². The number of nitrogens with zero attached hydrogens (tertiary/aromatic N) is 1. The zero-order valence-electron chi connectivity index (χ0n) is 23.6. The molecule has 0 N–H and O–H groups in total. The minimum Gasteiger partial charge on any atom is -0.493 e. The first-order valence-corrected chi connectivity index (χ1v) is 14.5. The van der Waals surface area contributed by atoms with Crippen molar-refractivity contribution < 1.29 is 23.7 Å². The van der Waals surface area contributed by atoms with Crippen molar-refractivity contribution in [3.8, 4) is 5.75 Å². The number of rotatable bonds is 6. The number of hydrogen-bond donors (Lipinski definition) is 0. The van der Waals surface area contributed by atoms with Crippen molar-refractivity contribution in [2.75, 3.05) is 20.3 Å². The van der Waals surface area contributed by atoms with Crippen LogP contribution in [-0.4, -0.2) is 43.7 Å². The van der Waals surface area contributed by atoms with Crippen LogP contribution in [-0.2, 0) is 14.2 Å². The summed E-state index contributed by atoms with van der Waals surface area (Å²) in [6, 6.07) is 3.44. The summed E-state index contributed by atoms with van der Waals surface area (Å²) in [5, 5.41) is 0. The third kappa shape index (κ3) is 5.47. The van der Waals surface area contributed by atoms with Gasteiger partial charge < -0.3 is 18.9 Å². The predicted octanol–water partition coefficient (Wildman–Crippen LogP) is 6.98. The Kier molecular flexibility index (Phi) is 9.00. The fourth-order valence-electron chi connectivity index (χ4n) is 7.87. The summed E-state index contributed by atoms with van der Waals surface area (Å²) in [7, 11) is 1.36. The number of carbonyl (C=O) groups excluding carboxylic acids is 1. The van der Waals surface area contributed by atoms with E-state index < -0.39 is 5.97 Å². The highest BCUT2D eigenvalue weighted by Gasteiger charge is 2.60. The molecule has 1 aromatic rings. The molecule has 206 valence electrons. The minimum absolute atomic E-state index is 0.00192. The van der Waals surface area contributed by atoms with Gasteiger partial charge in [0.05, 0.1) is 26.4 Å². The van der Waals surface area contributed by atoms with Crippen molar-refractivity contribution in [2.24, 2.45) is 28.6 Å². The molecule has 4 unspecified atom stereocenters. The molecule has 3 saturated carbocycles. The molecule has 1 aliphatic heterocycles. The van der Waals surface area contributed by atoms with E-state index in [2.05, 4.69) is 25.4 Å². The molecule has 0 amide bonds. The summed E-state index contributed by atoms with van der Waals surface area (Å²) in [5.41, 5.74) is 1.81. The van der Waals surface area contributed by atoms with Crippen LogP contribution in [0.4, 0.5) is 0 Å². The van der Waals surface area contributed by atoms with E-state index in [1.165, 1.54) is 38.4 Å². The predicted molar refractivity (Wildman–Crippen MR) is 144 cm³/mol. The van der Waals surface area contributed by atoms with Crippen LogP contribution in [0.3, 0.4) is 0 Å². The van der Waals surface area contributed by atoms with E-state index in [9.17, 15) is 4.79 Å². The van der Waals surface area contributed by atoms with Gasteiger partial charge in [-0.25, -0.2) is 9.78 Å². The van der Waals surface area contributed by atoms with Gasteiger partial charge in [-0.1, -0.05) is 52.7 Å². The van der Waals surface area contributed by atoms with Gasteiger partial charge in [-0.2, -0.15) is 0 Å². The van der Waals surface area contributed by atoms with E-state index in [0.29, 0.717) is 30.1 Å². The molecule has 4 aliphatic rings. The SMILES string of the molecule is C=C1CCC2C(C)(CCC3O[C@H](C4CCCC4)OC[C@]32C)C1CCOc1ccnc(C(=O)OC)c1.CC. The van der Waals surface area contributed by atoms with Gasteiger partial charge in [-0.3, -0.25) is 0 Å². The summed E-state index contributed by atoms with van der Waals surface area (Å²) in [6.07, 6.45) is 12.4. The second-order valence-corrected chi connectivity index (χ2v) is 11.7. The standard InChI is InChI=1S/C29H41NO5.C2H6/c1-19-9-10-24-28(2,22(19)13-16-33-21-12-15-30-23(17-21)26(31)32-4)14-11-25-29(24,3)18-34-27(35-25)20-7-5-6-8-20;1-2/h12,15,17,20,22,24-25,27H,1,5-11,13-14,16,18H2,2-4H3;1-2H3/t22?,24?,25?,27-,28?,29+;/m1./s1. The number of ether oxygens (including phenoxy) is 4. The van der Waals surface area contributed by atoms with Crippen LogP contribution < -0.4 is 4.74 Å². The van der Waals surface area contributed by atoms with Crippen LogP contribution in [0.2, 0.25) is 0 Å². The van der Waals surface area contributed by atoms with Gasteiger partial charge in [0, 0.05) is 23.6 Å². The largest absolute Gasteiger partial charge is 0.493 e. The van der Waals surface area contributed by atoms with Crippen LogP contribution in [0.5, 0.6) is 5.75 Å². The number of fused-ring (bicyclic) bond motifs is 3. The molecule has 3 aliphatic carbocycles. The van der Waals surface area contributed by atoms with E-state index in [-0.39, 0.29) is 28.9 Å². The molecule has 6 atom stereocenters. The maximum Gasteiger partial charge on any atom is 0.356 e. The maximum atomic E-state index is 11.8. The lowest BCUT2D eigenvalue weighted by Gasteiger charge is -2.63. The Balaban J connectivity index is 0.00000156. The number of methoxy groups -OCH3 is 1. The number of pyridine rings is 1. The Bertz CT molecular complexity index is 943. The summed E-state index contributed by atoms with van der Waals surface area (Å²) >= 11 is 0. The summed E-state index contributed by atoms with van der Waals surface area (Å²) in [6.45, 7) is 14.8. The van der Waals surface area contributed by atoms with Gasteiger partial charge in [0.2, 0.25) is 0 Å². The Labute approximate surface area is 223 Å². The fraction of sp³-hybridized carbons (Fsp3) is 0.742. The molecule has 0 aromatic carbocycles. The first-order chi connectivity index (χ1) is 17.8. The smallest absolute Gasteiger partial charge is 0.356 e. The van der Waals surface area contributed by atoms with Crippen molar-refractivity contribution in [2.45, 2.75) is 97.9 Å². The molecule has 0 bridgehead atoms. The first kappa shape index (κ1) is 28.1. The lowest BCUT2D eigenvalue weighted by Crippen LogP contribution is -2.62. The van der Waals surface area contributed by atoms with Crippen LogP contribution >= 0.6 is 0 Å². The average molecular weight is 514 g/mol. The molecular weight excluding hydrogens is 466 g/mol. The van der Waals surface area contributed by atoms with Gasteiger partial charge in [0.15, 0.2) is 12.0 Å². The Morgan fingerprint density at radius 3 is 2.65 bits per heavy atom. The molecule has 0 spiro atoms. The van der Waals surface area contributed by atoms with Crippen molar-refractivity contribution in [1.82, 2.24) is 4.98 Å². The third-order valence-corrected chi connectivity index (χ3v) is 9.76. The fourth-order valence-corrected chi connectivity index (χ4v) is 7.87. The van der Waals surface area contributed by atoms with Crippen molar-refractivity contribution in [1.29, 1.82) is 0 Å². The number of esters is 1. The first-order valence-electron chi connectivity index (χ1n) is 14.5. The molecule has 0 radical (unpaired) electrons. The Morgan fingerprint density at radius 1 is 1.16 bits per heavy atom. The van der Waals surface area contributed by atoms with Crippen LogP contribution in [0.25, 0.3) is 0 Å². The lowest BCUT2D eigenvalue weighted by molar-refractivity contribution is -0.316. The van der Waals surface area contributed by atoms with Crippen molar-refractivity contribution >= 4 is 5.97 Å². The van der Waals surface area contributed by atoms with Crippen molar-refractivity contribution in [3.05, 3.63) is 36.2 Å². The molecule has 2 heterocycles. The van der Waals surface area contributed by atoms with Crippen LogP contribution in [0.15, 0.2) is 30.5 Å². The number of carbonyl (C=O) groups is 1. The van der Waals surface area contributed by atoms with E-state index in [4.69, 9.17) is 18.9 Å². The Morgan fingerprint density at radius 2 is 1.92 bits per heavy atom. The van der Waals surface area contributed by atoms with E-state index in [0.717, 1.165) is 38.7 Å². The molecule has 6 nitrogen and oxygen atoms in total. The quantitative estimate of drug-likeness (QED) is 0.302. The molecule has 1 aromatic heterocycles. The number of hydrogen-bond acceptors (Lipinski definition) is 6. The maximum absolute atomic E-state index is 11.8. The van der Waals surface area contributed by atoms with E-state index in [1.807, 2.05) is 13.8 Å². The van der Waals surface area contributed by atoms with Gasteiger partial charge in [0.25, 0.3) is 0 Å². The molecule has 5 rings (SSSR count). The second-order valence-electron chi connectivity index (χ2n) is 11.7. The summed E-state index contributed by atoms with van der Waals surface area (Å²) in [5.74, 6) is 1.71. The zero-order chi connectivity index (χ0) is 26.6. The summed E-state index contributed by atoms with van der Waals surface area (Å²) in [4.78, 5) is 15.9. The molecule has 1 saturated heterocycles. The van der Waals surface area contributed by atoms with E-state index in [1.54, 1.807) is 18.3 Å². The summed E-state index contributed by atoms with van der Waals surface area (Å²) < 4.78 is 24.0. The molecule has 37 heavy (non-hydrogen) atoms. The molecule has 6 heteroatoms. The van der Waals surface area contributed by atoms with Gasteiger partial charge in [-0.05, 0) is 68.3 Å². The van der Waals surface area contributed by atoms with Gasteiger partial charge in [0.1, 0.15) is 5.75 Å². The zero-order valence-corrected chi connectivity index (χ0v) is 23.6. The second kappa shape index (κ2) is 11.9. The lowest BCUT2D eigenvalue weighted by atomic mass is 9.46.